The summed E-state index contributed by atoms with van der Waals surface area (Å²) in [4.78, 5) is 28.1. The smallest absolute Gasteiger partial charge is 0.258 e. The van der Waals surface area contributed by atoms with Gasteiger partial charge in [-0.25, -0.2) is 4.98 Å². The molecule has 12 heavy (non-hydrogen) atoms. The van der Waals surface area contributed by atoms with E-state index >= 15 is 0 Å². The fourth-order valence-electron chi connectivity index (χ4n) is 1.09. The molecule has 2 heterocycles. The van der Waals surface area contributed by atoms with E-state index < -0.39 is 0 Å². The van der Waals surface area contributed by atoms with Crippen molar-refractivity contribution in [1.82, 2.24) is 9.97 Å². The molecule has 0 aromatic carbocycles. The predicted octanol–water partition coefficient (Wildman–Crippen LogP) is -0.726. The van der Waals surface area contributed by atoms with Crippen molar-refractivity contribution < 1.29 is 9.53 Å². The lowest BCUT2D eigenvalue weighted by molar-refractivity contribution is -0.121. The first-order valence-corrected chi connectivity index (χ1v) is 3.48. The topological polar surface area (TPSA) is 72.0 Å². The number of carbonyl (C=O) groups excluding carboxylic acids is 1. The zero-order valence-electron chi connectivity index (χ0n) is 6.16. The zero-order valence-corrected chi connectivity index (χ0v) is 6.16. The summed E-state index contributed by atoms with van der Waals surface area (Å²) in [6.45, 7) is 0.0173. The second-order valence-corrected chi connectivity index (χ2v) is 2.52. The monoisotopic (exact) mass is 166 g/mol. The molecule has 0 bridgehead atoms. The minimum atomic E-state index is -0.298. The third-order valence-corrected chi connectivity index (χ3v) is 1.65. The third kappa shape index (κ3) is 0.990. The molecule has 1 aromatic heterocycles. The molecule has 0 unspecified atom stereocenters. The lowest BCUT2D eigenvalue weighted by Crippen LogP contribution is -2.27. The molecule has 0 fully saturated rings. The van der Waals surface area contributed by atoms with Crippen LogP contribution in [-0.4, -0.2) is 22.4 Å². The van der Waals surface area contributed by atoms with Crippen molar-refractivity contribution in [3.8, 4) is 5.88 Å². The quantitative estimate of drug-likeness (QED) is 0.551. The maximum absolute atomic E-state index is 11.1. The van der Waals surface area contributed by atoms with E-state index in [1.807, 2.05) is 0 Å². The summed E-state index contributed by atoms with van der Waals surface area (Å²) in [5, 5.41) is 0. The summed E-state index contributed by atoms with van der Waals surface area (Å²) in [7, 11) is 0. The van der Waals surface area contributed by atoms with Gasteiger partial charge in [0, 0.05) is 6.42 Å². The van der Waals surface area contributed by atoms with Crippen molar-refractivity contribution in [2.45, 2.75) is 6.42 Å². The van der Waals surface area contributed by atoms with Gasteiger partial charge in [-0.15, -0.1) is 0 Å². The van der Waals surface area contributed by atoms with Gasteiger partial charge in [-0.05, 0) is 0 Å². The standard InChI is InChI=1S/C7H6N2O3/c10-4-1-5-6(11)8-3-9-7(5)12-2-4/h3H,1-2H2,(H,8,9,11). The number of Topliss-reactive ketones (excluding diaryl/α,β-unsaturated/α-hetero) is 1. The number of hydrogen-bond acceptors (Lipinski definition) is 4. The molecule has 1 aliphatic heterocycles. The molecular weight excluding hydrogens is 160 g/mol. The number of aromatic nitrogens is 2. The SMILES string of the molecule is O=C1COc2nc[nH]c(=O)c2C1. The molecule has 5 nitrogen and oxygen atoms in total. The van der Waals surface area contributed by atoms with E-state index in [0.29, 0.717) is 5.56 Å². The van der Waals surface area contributed by atoms with E-state index in [-0.39, 0.29) is 30.3 Å². The maximum atomic E-state index is 11.1. The summed E-state index contributed by atoms with van der Waals surface area (Å²) in [6.07, 6.45) is 1.38. The molecule has 1 aliphatic rings. The molecule has 1 aromatic rings. The van der Waals surface area contributed by atoms with Crippen LogP contribution in [0.3, 0.4) is 0 Å². The van der Waals surface area contributed by atoms with Gasteiger partial charge in [0.2, 0.25) is 5.88 Å². The van der Waals surface area contributed by atoms with Gasteiger partial charge >= 0.3 is 0 Å². The van der Waals surface area contributed by atoms with E-state index in [0.717, 1.165) is 0 Å². The first-order chi connectivity index (χ1) is 5.77. The second kappa shape index (κ2) is 2.44. The minimum Gasteiger partial charge on any atom is -0.469 e. The van der Waals surface area contributed by atoms with Gasteiger partial charge in [-0.3, -0.25) is 9.59 Å². The van der Waals surface area contributed by atoms with E-state index in [9.17, 15) is 9.59 Å². The van der Waals surface area contributed by atoms with Gasteiger partial charge in [-0.2, -0.15) is 0 Å². The molecule has 0 aliphatic carbocycles. The molecule has 62 valence electrons. The van der Waals surface area contributed by atoms with Crippen LogP contribution in [0, 0.1) is 0 Å². The van der Waals surface area contributed by atoms with Gasteiger partial charge in [0.15, 0.2) is 5.78 Å². The summed E-state index contributed by atoms with van der Waals surface area (Å²) in [5.74, 6) is 0.180. The van der Waals surface area contributed by atoms with Crippen LogP contribution in [0.25, 0.3) is 0 Å². The Balaban J connectivity index is 2.57. The Bertz CT molecular complexity index is 382. The molecular formula is C7H6N2O3. The fourth-order valence-corrected chi connectivity index (χ4v) is 1.09. The molecule has 0 saturated heterocycles. The van der Waals surface area contributed by atoms with Crippen molar-refractivity contribution in [3.63, 3.8) is 0 Å². The highest BCUT2D eigenvalue weighted by molar-refractivity contribution is 5.84. The first-order valence-electron chi connectivity index (χ1n) is 3.48. The number of carbonyl (C=O) groups is 1. The number of hydrogen-bond donors (Lipinski definition) is 1. The Labute approximate surface area is 67.4 Å². The number of aromatic amines is 1. The zero-order chi connectivity index (χ0) is 8.55. The Morgan fingerprint density at radius 2 is 2.33 bits per heavy atom. The van der Waals surface area contributed by atoms with E-state index in [1.54, 1.807) is 0 Å². The largest absolute Gasteiger partial charge is 0.469 e. The minimum absolute atomic E-state index is 0.0173. The molecule has 5 heteroatoms. The van der Waals surface area contributed by atoms with Gasteiger partial charge in [0.25, 0.3) is 5.56 Å². The highest BCUT2D eigenvalue weighted by Crippen LogP contribution is 2.14. The number of ketones is 1. The van der Waals surface area contributed by atoms with Gasteiger partial charge in [0.05, 0.1) is 11.9 Å². The van der Waals surface area contributed by atoms with Gasteiger partial charge < -0.3 is 9.72 Å². The van der Waals surface area contributed by atoms with Crippen LogP contribution in [-0.2, 0) is 11.2 Å². The fraction of sp³-hybridized carbons (Fsp3) is 0.286. The molecule has 0 radical (unpaired) electrons. The van der Waals surface area contributed by atoms with Gasteiger partial charge in [0.1, 0.15) is 6.61 Å². The molecule has 2 rings (SSSR count). The van der Waals surface area contributed by atoms with Crippen molar-refractivity contribution in [3.05, 3.63) is 22.2 Å². The average molecular weight is 166 g/mol. The lowest BCUT2D eigenvalue weighted by atomic mass is 10.1. The first kappa shape index (κ1) is 7.02. The maximum Gasteiger partial charge on any atom is 0.258 e. The van der Waals surface area contributed by atoms with Crippen molar-refractivity contribution in [2.75, 3.05) is 6.61 Å². The van der Waals surface area contributed by atoms with Crippen LogP contribution in [0.5, 0.6) is 5.88 Å². The summed E-state index contributed by atoms with van der Waals surface area (Å²) < 4.78 is 4.94. The van der Waals surface area contributed by atoms with E-state index in [4.69, 9.17) is 4.74 Å². The number of nitrogens with zero attached hydrogens (tertiary/aromatic N) is 1. The van der Waals surface area contributed by atoms with Crippen LogP contribution in [0.15, 0.2) is 11.1 Å². The van der Waals surface area contributed by atoms with E-state index in [2.05, 4.69) is 9.97 Å². The summed E-state index contributed by atoms with van der Waals surface area (Å²) in [6, 6.07) is 0. The Kier molecular flexibility index (Phi) is 1.43. The van der Waals surface area contributed by atoms with Crippen LogP contribution in [0.2, 0.25) is 0 Å². The number of fused-ring (bicyclic) bond motifs is 1. The number of rotatable bonds is 0. The van der Waals surface area contributed by atoms with Crippen LogP contribution < -0.4 is 10.3 Å². The Morgan fingerprint density at radius 1 is 1.50 bits per heavy atom. The molecule has 0 atom stereocenters. The highest BCUT2D eigenvalue weighted by atomic mass is 16.5. The van der Waals surface area contributed by atoms with Crippen LogP contribution in [0.1, 0.15) is 5.56 Å². The van der Waals surface area contributed by atoms with Crippen molar-refractivity contribution in [1.29, 1.82) is 0 Å². The van der Waals surface area contributed by atoms with Crippen LogP contribution in [0.4, 0.5) is 0 Å². The second-order valence-electron chi connectivity index (χ2n) is 2.52. The normalized spacial score (nSPS) is 15.2. The lowest BCUT2D eigenvalue weighted by Gasteiger charge is -2.12. The number of H-pyrrole nitrogens is 1. The van der Waals surface area contributed by atoms with E-state index in [1.165, 1.54) is 6.33 Å². The Hall–Kier alpha value is -1.65. The third-order valence-electron chi connectivity index (χ3n) is 1.65. The molecule has 0 saturated carbocycles. The summed E-state index contributed by atoms with van der Waals surface area (Å²) in [5.41, 5.74) is 0.0294. The summed E-state index contributed by atoms with van der Waals surface area (Å²) >= 11 is 0. The average Bonchev–Trinajstić information content (AvgIpc) is 2.07. The molecule has 0 spiro atoms. The van der Waals surface area contributed by atoms with Crippen LogP contribution >= 0.6 is 0 Å². The predicted molar refractivity (Wildman–Crippen MR) is 39.1 cm³/mol. The number of ether oxygens (including phenoxy) is 1. The van der Waals surface area contributed by atoms with Crippen molar-refractivity contribution >= 4 is 5.78 Å². The van der Waals surface area contributed by atoms with Crippen molar-refractivity contribution in [2.24, 2.45) is 0 Å². The molecule has 0 amide bonds. The number of nitrogens with one attached hydrogen (secondary N) is 1. The highest BCUT2D eigenvalue weighted by Gasteiger charge is 2.20. The Morgan fingerprint density at radius 3 is 3.17 bits per heavy atom. The molecule has 1 N–H and O–H groups in total. The van der Waals surface area contributed by atoms with Gasteiger partial charge in [-0.1, -0.05) is 0 Å².